The summed E-state index contributed by atoms with van der Waals surface area (Å²) < 4.78 is 10.7. The number of benzene rings is 1. The molecule has 1 N–H and O–H groups in total. The molecule has 0 saturated heterocycles. The molecule has 0 saturated carbocycles. The van der Waals surface area contributed by atoms with Crippen molar-refractivity contribution in [3.8, 4) is 5.75 Å². The molecule has 0 spiro atoms. The highest BCUT2D eigenvalue weighted by atomic mass is 16.5. The zero-order valence-electron chi connectivity index (χ0n) is 10.8. The Kier molecular flexibility index (Phi) is 4.20. The van der Waals surface area contributed by atoms with E-state index in [0.29, 0.717) is 13.2 Å². The van der Waals surface area contributed by atoms with Crippen molar-refractivity contribution >= 4 is 5.97 Å². The first-order valence-electron chi connectivity index (χ1n) is 6.35. The lowest BCUT2D eigenvalue weighted by molar-refractivity contribution is -0.145. The van der Waals surface area contributed by atoms with Gasteiger partial charge in [-0.25, -0.2) is 0 Å². The number of carbonyl (C=O) groups is 1. The van der Waals surface area contributed by atoms with Crippen LogP contribution in [0.2, 0.25) is 0 Å². The maximum absolute atomic E-state index is 11.4. The van der Waals surface area contributed by atoms with Crippen molar-refractivity contribution in [1.29, 1.82) is 0 Å². The first-order valence-corrected chi connectivity index (χ1v) is 6.35. The molecule has 1 aromatic carbocycles. The van der Waals surface area contributed by atoms with Gasteiger partial charge in [-0.2, -0.15) is 0 Å². The number of esters is 1. The van der Waals surface area contributed by atoms with Crippen molar-refractivity contribution in [2.75, 3.05) is 13.2 Å². The van der Waals surface area contributed by atoms with Gasteiger partial charge in [-0.1, -0.05) is 18.2 Å². The number of hydrogen-bond donors (Lipinski definition) is 1. The summed E-state index contributed by atoms with van der Waals surface area (Å²) in [5, 5.41) is 3.14. The van der Waals surface area contributed by atoms with E-state index in [1.807, 2.05) is 18.2 Å². The molecule has 0 amide bonds. The fourth-order valence-electron chi connectivity index (χ4n) is 2.03. The summed E-state index contributed by atoms with van der Waals surface area (Å²) in [6.45, 7) is 4.67. The van der Waals surface area contributed by atoms with Crippen LogP contribution in [0.4, 0.5) is 0 Å². The van der Waals surface area contributed by atoms with Gasteiger partial charge in [0.2, 0.25) is 0 Å². The van der Waals surface area contributed by atoms with Gasteiger partial charge >= 0.3 is 5.97 Å². The van der Waals surface area contributed by atoms with Gasteiger partial charge in [0.1, 0.15) is 17.9 Å². The molecule has 1 heterocycles. The molecule has 4 heteroatoms. The van der Waals surface area contributed by atoms with Gasteiger partial charge in [0.05, 0.1) is 6.61 Å². The molecule has 1 aliphatic heterocycles. The molecule has 2 atom stereocenters. The van der Waals surface area contributed by atoms with Crippen LogP contribution in [-0.2, 0) is 16.0 Å². The number of nitrogens with one attached hydrogen (secondary N) is 1. The molecule has 0 bridgehead atoms. The topological polar surface area (TPSA) is 47.6 Å². The minimum absolute atomic E-state index is 0.0966. The van der Waals surface area contributed by atoms with Crippen LogP contribution in [0, 0.1) is 0 Å². The Morgan fingerprint density at radius 1 is 1.56 bits per heavy atom. The van der Waals surface area contributed by atoms with E-state index in [2.05, 4.69) is 11.4 Å². The second-order valence-electron chi connectivity index (χ2n) is 4.43. The van der Waals surface area contributed by atoms with E-state index in [9.17, 15) is 4.79 Å². The number of rotatable bonds is 5. The van der Waals surface area contributed by atoms with Gasteiger partial charge in [-0.15, -0.1) is 0 Å². The van der Waals surface area contributed by atoms with Gasteiger partial charge in [0, 0.05) is 13.0 Å². The van der Waals surface area contributed by atoms with Crippen molar-refractivity contribution in [2.45, 2.75) is 32.4 Å². The van der Waals surface area contributed by atoms with Crippen LogP contribution in [0.3, 0.4) is 0 Å². The quantitative estimate of drug-likeness (QED) is 0.804. The van der Waals surface area contributed by atoms with E-state index >= 15 is 0 Å². The Morgan fingerprint density at radius 2 is 2.33 bits per heavy atom. The molecular weight excluding hydrogens is 230 g/mol. The van der Waals surface area contributed by atoms with Crippen LogP contribution in [0.25, 0.3) is 0 Å². The van der Waals surface area contributed by atoms with E-state index in [-0.39, 0.29) is 18.1 Å². The largest absolute Gasteiger partial charge is 0.488 e. The smallest absolute Gasteiger partial charge is 0.322 e. The van der Waals surface area contributed by atoms with Crippen LogP contribution >= 0.6 is 0 Å². The summed E-state index contributed by atoms with van der Waals surface area (Å²) in [6, 6.07) is 7.74. The average molecular weight is 249 g/mol. The van der Waals surface area contributed by atoms with Gasteiger partial charge in [0.15, 0.2) is 0 Å². The van der Waals surface area contributed by atoms with Gasteiger partial charge in [-0.3, -0.25) is 4.79 Å². The van der Waals surface area contributed by atoms with E-state index in [1.54, 1.807) is 13.8 Å². The third kappa shape index (κ3) is 3.01. The summed E-state index contributed by atoms with van der Waals surface area (Å²) in [4.78, 5) is 11.4. The highest BCUT2D eigenvalue weighted by Gasteiger charge is 2.23. The lowest BCUT2D eigenvalue weighted by Crippen LogP contribution is -2.41. The summed E-state index contributed by atoms with van der Waals surface area (Å²) >= 11 is 0. The number of fused-ring (bicyclic) bond motifs is 1. The van der Waals surface area contributed by atoms with Crippen molar-refractivity contribution in [1.82, 2.24) is 5.32 Å². The van der Waals surface area contributed by atoms with Gasteiger partial charge < -0.3 is 14.8 Å². The average Bonchev–Trinajstić information content (AvgIpc) is 2.78. The standard InChI is InChI=1S/C14H19NO3/c1-3-17-14(16)10(2)15-9-12-8-11-6-4-5-7-13(11)18-12/h4-7,10,12,15H,3,8-9H2,1-2H3. The first kappa shape index (κ1) is 12.9. The van der Waals surface area contributed by atoms with E-state index in [4.69, 9.17) is 9.47 Å². The van der Waals surface area contributed by atoms with E-state index < -0.39 is 0 Å². The molecule has 2 rings (SSSR count). The Bertz CT molecular complexity index is 394. The normalized spacial score (nSPS) is 18.9. The zero-order valence-corrected chi connectivity index (χ0v) is 10.8. The molecule has 1 aromatic rings. The lowest BCUT2D eigenvalue weighted by atomic mass is 10.1. The molecule has 98 valence electrons. The van der Waals surface area contributed by atoms with Crippen molar-refractivity contribution in [3.63, 3.8) is 0 Å². The highest BCUT2D eigenvalue weighted by molar-refractivity contribution is 5.75. The second kappa shape index (κ2) is 5.87. The second-order valence-corrected chi connectivity index (χ2v) is 4.43. The number of carbonyl (C=O) groups excluding carboxylic acids is 1. The maximum Gasteiger partial charge on any atom is 0.322 e. The highest BCUT2D eigenvalue weighted by Crippen LogP contribution is 2.27. The molecule has 2 unspecified atom stereocenters. The fourth-order valence-corrected chi connectivity index (χ4v) is 2.03. The van der Waals surface area contributed by atoms with E-state index in [0.717, 1.165) is 12.2 Å². The predicted molar refractivity (Wildman–Crippen MR) is 68.7 cm³/mol. The summed E-state index contributed by atoms with van der Waals surface area (Å²) in [6.07, 6.45) is 0.984. The molecular formula is C14H19NO3. The zero-order chi connectivity index (χ0) is 13.0. The minimum atomic E-state index is -0.294. The Morgan fingerprint density at radius 3 is 3.06 bits per heavy atom. The SMILES string of the molecule is CCOC(=O)C(C)NCC1Cc2ccccc2O1. The van der Waals surface area contributed by atoms with E-state index in [1.165, 1.54) is 5.56 Å². The van der Waals surface area contributed by atoms with Gasteiger partial charge in [-0.05, 0) is 25.5 Å². The molecule has 1 aliphatic rings. The van der Waals surface area contributed by atoms with Crippen molar-refractivity contribution < 1.29 is 14.3 Å². The van der Waals surface area contributed by atoms with Crippen LogP contribution in [-0.4, -0.2) is 31.3 Å². The van der Waals surface area contributed by atoms with Crippen LogP contribution in [0.15, 0.2) is 24.3 Å². The molecule has 0 aliphatic carbocycles. The Balaban J connectivity index is 1.78. The van der Waals surface area contributed by atoms with Crippen LogP contribution in [0.1, 0.15) is 19.4 Å². The molecule has 0 radical (unpaired) electrons. The van der Waals surface area contributed by atoms with Crippen molar-refractivity contribution in [3.05, 3.63) is 29.8 Å². The number of ether oxygens (including phenoxy) is 2. The first-order chi connectivity index (χ1) is 8.70. The molecule has 0 fully saturated rings. The Hall–Kier alpha value is -1.55. The summed E-state index contributed by atoms with van der Waals surface area (Å²) in [5.41, 5.74) is 1.23. The van der Waals surface area contributed by atoms with Crippen molar-refractivity contribution in [2.24, 2.45) is 0 Å². The molecule has 18 heavy (non-hydrogen) atoms. The number of para-hydroxylation sites is 1. The maximum atomic E-state index is 11.4. The Labute approximate surface area is 107 Å². The monoisotopic (exact) mass is 249 g/mol. The third-order valence-electron chi connectivity index (χ3n) is 3.01. The van der Waals surface area contributed by atoms with Gasteiger partial charge in [0.25, 0.3) is 0 Å². The molecule has 4 nitrogen and oxygen atoms in total. The lowest BCUT2D eigenvalue weighted by Gasteiger charge is -2.16. The third-order valence-corrected chi connectivity index (χ3v) is 3.01. The van der Waals surface area contributed by atoms with Crippen LogP contribution < -0.4 is 10.1 Å². The number of hydrogen-bond acceptors (Lipinski definition) is 4. The molecule has 0 aromatic heterocycles. The van der Waals surface area contributed by atoms with Crippen LogP contribution in [0.5, 0.6) is 5.75 Å². The summed E-state index contributed by atoms with van der Waals surface area (Å²) in [5.74, 6) is 0.737. The summed E-state index contributed by atoms with van der Waals surface area (Å²) in [7, 11) is 0. The minimum Gasteiger partial charge on any atom is -0.488 e. The fraction of sp³-hybridized carbons (Fsp3) is 0.500. The predicted octanol–water partition coefficient (Wildman–Crippen LogP) is 1.53.